The van der Waals surface area contributed by atoms with Gasteiger partial charge in [-0.15, -0.1) is 0 Å². The van der Waals surface area contributed by atoms with E-state index in [1.807, 2.05) is 0 Å². The highest BCUT2D eigenvalue weighted by Gasteiger charge is 2.29. The topological polar surface area (TPSA) is 12.0 Å². The third kappa shape index (κ3) is 3.67. The molecule has 132 valence electrons. The summed E-state index contributed by atoms with van der Waals surface area (Å²) in [6.45, 7) is 5.94. The molecule has 0 amide bonds. The Balaban J connectivity index is 1.62. The molecule has 0 aromatic heterocycles. The molecule has 1 fully saturated rings. The summed E-state index contributed by atoms with van der Waals surface area (Å²) in [5.41, 5.74) is 4.05. The van der Waals surface area contributed by atoms with Gasteiger partial charge in [0.25, 0.3) is 0 Å². The molecule has 1 saturated carbocycles. The van der Waals surface area contributed by atoms with Gasteiger partial charge in [-0.25, -0.2) is 0 Å². The highest BCUT2D eigenvalue weighted by Crippen LogP contribution is 2.20. The van der Waals surface area contributed by atoms with E-state index in [2.05, 4.69) is 97.3 Å². The smallest absolute Gasteiger partial charge is 0.112 e. The van der Waals surface area contributed by atoms with Crippen LogP contribution in [0, 0.1) is 0 Å². The predicted octanol–water partition coefficient (Wildman–Crippen LogP) is 4.43. The lowest BCUT2D eigenvalue weighted by molar-refractivity contribution is 0.690. The van der Waals surface area contributed by atoms with Gasteiger partial charge in [0.2, 0.25) is 0 Å². The Morgan fingerprint density at radius 1 is 0.769 bits per heavy atom. The molecule has 4 rings (SSSR count). The van der Waals surface area contributed by atoms with E-state index < -0.39 is 8.07 Å². The number of rotatable bonds is 6. The zero-order valence-corrected chi connectivity index (χ0v) is 16.7. The Kier molecular flexibility index (Phi) is 4.79. The molecule has 3 aromatic carbocycles. The van der Waals surface area contributed by atoms with Crippen LogP contribution in [-0.4, -0.2) is 14.1 Å². The van der Waals surface area contributed by atoms with Crippen LogP contribution in [0.3, 0.4) is 0 Å². The average molecular weight is 358 g/mol. The van der Waals surface area contributed by atoms with Gasteiger partial charge in [0.1, 0.15) is 8.07 Å². The molecule has 1 N–H and O–H groups in total. The van der Waals surface area contributed by atoms with Crippen molar-refractivity contribution < 1.29 is 0 Å². The summed E-state index contributed by atoms with van der Waals surface area (Å²) in [5, 5.41) is 6.74. The molecule has 26 heavy (non-hydrogen) atoms. The Hall–Kier alpha value is -2.16. The first kappa shape index (κ1) is 17.3. The third-order valence-electron chi connectivity index (χ3n) is 5.56. The Morgan fingerprint density at radius 3 is 2.08 bits per heavy atom. The molecule has 3 aromatic rings. The number of nitrogens with one attached hydrogen (secondary N) is 1. The molecular formula is C24H27NSi. The lowest BCUT2D eigenvalue weighted by Crippen LogP contribution is -2.54. The van der Waals surface area contributed by atoms with E-state index in [0.29, 0.717) is 0 Å². The molecule has 0 spiro atoms. The first-order chi connectivity index (χ1) is 12.6. The van der Waals surface area contributed by atoms with Gasteiger partial charge in [-0.1, -0.05) is 102 Å². The van der Waals surface area contributed by atoms with Crippen LogP contribution >= 0.6 is 0 Å². The van der Waals surface area contributed by atoms with Crippen LogP contribution in [0.2, 0.25) is 13.1 Å². The molecule has 0 unspecified atom stereocenters. The van der Waals surface area contributed by atoms with Crippen molar-refractivity contribution in [2.45, 2.75) is 38.5 Å². The van der Waals surface area contributed by atoms with Crippen LogP contribution in [0.15, 0.2) is 78.9 Å². The lowest BCUT2D eigenvalue weighted by Gasteiger charge is -2.27. The van der Waals surface area contributed by atoms with Gasteiger partial charge < -0.3 is 5.32 Å². The van der Waals surface area contributed by atoms with Crippen LogP contribution in [0.5, 0.6) is 0 Å². The Bertz CT molecular complexity index is 864. The summed E-state index contributed by atoms with van der Waals surface area (Å²) in [4.78, 5) is 0. The van der Waals surface area contributed by atoms with Gasteiger partial charge in [-0.2, -0.15) is 0 Å². The second-order valence-corrected chi connectivity index (χ2v) is 12.2. The molecule has 0 saturated heterocycles. The van der Waals surface area contributed by atoms with E-state index >= 15 is 0 Å². The van der Waals surface area contributed by atoms with Gasteiger partial charge in [0, 0.05) is 12.6 Å². The van der Waals surface area contributed by atoms with Gasteiger partial charge in [0.05, 0.1) is 0 Å². The summed E-state index contributed by atoms with van der Waals surface area (Å²) in [6, 6.07) is 29.7. The summed E-state index contributed by atoms with van der Waals surface area (Å²) in [5.74, 6) is 0. The van der Waals surface area contributed by atoms with E-state index in [9.17, 15) is 0 Å². The van der Waals surface area contributed by atoms with Crippen molar-refractivity contribution in [3.63, 3.8) is 0 Å². The second kappa shape index (κ2) is 7.22. The fourth-order valence-electron chi connectivity index (χ4n) is 3.69. The summed E-state index contributed by atoms with van der Waals surface area (Å²) in [7, 11) is -1.72. The van der Waals surface area contributed by atoms with E-state index in [1.165, 1.54) is 34.7 Å². The fourth-order valence-corrected chi connectivity index (χ4v) is 6.49. The van der Waals surface area contributed by atoms with Crippen molar-refractivity contribution in [2.75, 3.05) is 0 Å². The average Bonchev–Trinajstić information content (AvgIpc) is 3.52. The normalized spacial score (nSPS) is 14.4. The van der Waals surface area contributed by atoms with Crippen molar-refractivity contribution in [3.8, 4) is 11.1 Å². The minimum absolute atomic E-state index is 0.748. The maximum Gasteiger partial charge on any atom is 0.112 e. The molecule has 0 atom stereocenters. The van der Waals surface area contributed by atoms with Crippen molar-refractivity contribution in [1.29, 1.82) is 0 Å². The maximum atomic E-state index is 3.69. The number of hydrogen-bond acceptors (Lipinski definition) is 1. The molecule has 0 radical (unpaired) electrons. The quantitative estimate of drug-likeness (QED) is 0.644. The summed E-state index contributed by atoms with van der Waals surface area (Å²) in [6.07, 6.45) is 2.67. The van der Waals surface area contributed by atoms with Crippen molar-refractivity contribution >= 4 is 18.4 Å². The molecule has 1 nitrogen and oxygen atoms in total. The molecule has 2 heteroatoms. The van der Waals surface area contributed by atoms with Gasteiger partial charge in [-0.3, -0.25) is 0 Å². The fraction of sp³-hybridized carbons (Fsp3) is 0.250. The van der Waals surface area contributed by atoms with Crippen LogP contribution < -0.4 is 15.7 Å². The largest absolute Gasteiger partial charge is 0.310 e. The molecule has 0 bridgehead atoms. The van der Waals surface area contributed by atoms with E-state index in [-0.39, 0.29) is 0 Å². The zero-order valence-electron chi connectivity index (χ0n) is 15.7. The summed E-state index contributed by atoms with van der Waals surface area (Å²) < 4.78 is 0. The van der Waals surface area contributed by atoms with Crippen LogP contribution in [0.4, 0.5) is 0 Å². The van der Waals surface area contributed by atoms with Crippen molar-refractivity contribution in [2.24, 2.45) is 0 Å². The van der Waals surface area contributed by atoms with Crippen LogP contribution in [0.1, 0.15) is 18.4 Å². The SMILES string of the molecule is C[Si](C)(c1ccc(-c2ccccc2)cc1)c1ccccc1CNC1CC1. The van der Waals surface area contributed by atoms with E-state index in [4.69, 9.17) is 0 Å². The summed E-state index contributed by atoms with van der Waals surface area (Å²) >= 11 is 0. The molecule has 0 aliphatic heterocycles. The van der Waals surface area contributed by atoms with Crippen molar-refractivity contribution in [3.05, 3.63) is 84.4 Å². The lowest BCUT2D eigenvalue weighted by atomic mass is 10.1. The van der Waals surface area contributed by atoms with Crippen LogP contribution in [-0.2, 0) is 6.54 Å². The predicted molar refractivity (Wildman–Crippen MR) is 115 cm³/mol. The maximum absolute atomic E-state index is 3.69. The monoisotopic (exact) mass is 357 g/mol. The Labute approximate surface area is 158 Å². The molecule has 1 aliphatic rings. The van der Waals surface area contributed by atoms with E-state index in [1.54, 1.807) is 5.19 Å². The van der Waals surface area contributed by atoms with Crippen molar-refractivity contribution in [1.82, 2.24) is 5.32 Å². The van der Waals surface area contributed by atoms with Gasteiger partial charge >= 0.3 is 0 Å². The Morgan fingerprint density at radius 2 is 1.38 bits per heavy atom. The minimum atomic E-state index is -1.72. The number of benzene rings is 3. The second-order valence-electron chi connectivity index (χ2n) is 7.88. The molecule has 1 aliphatic carbocycles. The van der Waals surface area contributed by atoms with Gasteiger partial charge in [0.15, 0.2) is 0 Å². The number of hydrogen-bond donors (Lipinski definition) is 1. The first-order valence-electron chi connectivity index (χ1n) is 9.62. The molecule has 0 heterocycles. The molecular weight excluding hydrogens is 330 g/mol. The standard InChI is InChI=1S/C24H27NSi/c1-26(2,24-11-7-6-10-21(24)18-25-22-14-15-22)23-16-12-20(13-17-23)19-8-4-3-5-9-19/h3-13,16-17,22,25H,14-15,18H2,1-2H3. The van der Waals surface area contributed by atoms with Gasteiger partial charge in [-0.05, 0) is 29.5 Å². The van der Waals surface area contributed by atoms with Crippen LogP contribution in [0.25, 0.3) is 11.1 Å². The zero-order chi connectivity index (χ0) is 18.0. The highest BCUT2D eigenvalue weighted by molar-refractivity contribution is 7.00. The first-order valence-corrected chi connectivity index (χ1v) is 12.6. The third-order valence-corrected chi connectivity index (χ3v) is 9.17. The van der Waals surface area contributed by atoms with E-state index in [0.717, 1.165) is 12.6 Å². The minimum Gasteiger partial charge on any atom is -0.310 e. The highest BCUT2D eigenvalue weighted by atomic mass is 28.3.